The molecule has 0 atom stereocenters. The molecule has 1 rings (SSSR count). The molecule has 0 radical (unpaired) electrons. The molecule has 0 unspecified atom stereocenters. The molecule has 0 fully saturated rings. The summed E-state index contributed by atoms with van der Waals surface area (Å²) in [6, 6.07) is 3.67. The van der Waals surface area contributed by atoms with Crippen LogP contribution in [0.25, 0.3) is 0 Å². The van der Waals surface area contributed by atoms with E-state index in [4.69, 9.17) is 15.2 Å². The van der Waals surface area contributed by atoms with Gasteiger partial charge < -0.3 is 20.1 Å². The van der Waals surface area contributed by atoms with Crippen LogP contribution in [0.3, 0.4) is 0 Å². The molecule has 0 aliphatic rings. The van der Waals surface area contributed by atoms with E-state index >= 15 is 0 Å². The van der Waals surface area contributed by atoms with Gasteiger partial charge in [0.2, 0.25) is 0 Å². The molecular formula is C16H29BrCl2N2O2. The van der Waals surface area contributed by atoms with E-state index in [0.29, 0.717) is 18.9 Å². The molecule has 0 saturated heterocycles. The van der Waals surface area contributed by atoms with Crippen LogP contribution in [-0.2, 0) is 0 Å². The van der Waals surface area contributed by atoms with Crippen LogP contribution >= 0.6 is 40.7 Å². The van der Waals surface area contributed by atoms with Crippen molar-refractivity contribution in [3.63, 3.8) is 0 Å². The molecule has 136 valence electrons. The van der Waals surface area contributed by atoms with Crippen molar-refractivity contribution in [3.05, 3.63) is 16.6 Å². The van der Waals surface area contributed by atoms with E-state index in [1.807, 2.05) is 12.1 Å². The Balaban J connectivity index is 0. The summed E-state index contributed by atoms with van der Waals surface area (Å²) in [6.45, 7) is 10.7. The van der Waals surface area contributed by atoms with Crippen molar-refractivity contribution in [2.24, 2.45) is 0 Å². The minimum atomic E-state index is 0. The van der Waals surface area contributed by atoms with Crippen LogP contribution in [0, 0.1) is 0 Å². The van der Waals surface area contributed by atoms with E-state index in [9.17, 15) is 0 Å². The fourth-order valence-corrected chi connectivity index (χ4v) is 2.55. The van der Waals surface area contributed by atoms with Crippen LogP contribution in [-0.4, -0.2) is 37.7 Å². The third-order valence-electron chi connectivity index (χ3n) is 3.34. The Morgan fingerprint density at radius 3 is 2.26 bits per heavy atom. The van der Waals surface area contributed by atoms with Gasteiger partial charge in [0.05, 0.1) is 11.1 Å². The summed E-state index contributed by atoms with van der Waals surface area (Å²) in [4.78, 5) is 2.32. The van der Waals surface area contributed by atoms with Gasteiger partial charge in [0.1, 0.15) is 6.61 Å². The van der Waals surface area contributed by atoms with Gasteiger partial charge in [0, 0.05) is 18.3 Å². The van der Waals surface area contributed by atoms with E-state index in [2.05, 4.69) is 41.6 Å². The molecule has 7 heteroatoms. The lowest BCUT2D eigenvalue weighted by atomic mass is 10.3. The van der Waals surface area contributed by atoms with E-state index in [-0.39, 0.29) is 24.8 Å². The first-order valence-corrected chi connectivity index (χ1v) is 8.48. The quantitative estimate of drug-likeness (QED) is 0.428. The molecular weight excluding hydrogens is 403 g/mol. The molecule has 23 heavy (non-hydrogen) atoms. The highest BCUT2D eigenvalue weighted by Gasteiger charge is 2.12. The van der Waals surface area contributed by atoms with E-state index in [0.717, 1.165) is 48.4 Å². The number of halogens is 3. The first-order chi connectivity index (χ1) is 10.1. The maximum absolute atomic E-state index is 5.92. The predicted octanol–water partition coefficient (Wildman–Crippen LogP) is 4.77. The smallest absolute Gasteiger partial charge is 0.175 e. The number of rotatable bonds is 10. The van der Waals surface area contributed by atoms with Crippen molar-refractivity contribution in [1.29, 1.82) is 0 Å². The standard InChI is InChI=1S/C16H27BrN2O2.2ClH/c1-4-7-9-20-15-12-13(18)11-14(17)16(15)21-10-8-19(5-2)6-3;;/h11-12H,4-10,18H2,1-3H3;2*1H. The number of benzene rings is 1. The van der Waals surface area contributed by atoms with Gasteiger partial charge in [0.25, 0.3) is 0 Å². The topological polar surface area (TPSA) is 47.7 Å². The summed E-state index contributed by atoms with van der Waals surface area (Å²) < 4.78 is 12.6. The minimum absolute atomic E-state index is 0. The zero-order valence-corrected chi connectivity index (χ0v) is 17.4. The second-order valence-electron chi connectivity index (χ2n) is 4.91. The monoisotopic (exact) mass is 430 g/mol. The summed E-state index contributed by atoms with van der Waals surface area (Å²) in [5.41, 5.74) is 6.55. The Hall–Kier alpha value is -0.360. The third-order valence-corrected chi connectivity index (χ3v) is 3.92. The van der Waals surface area contributed by atoms with Gasteiger partial charge in [-0.05, 0) is 41.5 Å². The second-order valence-corrected chi connectivity index (χ2v) is 5.76. The Bertz CT molecular complexity index is 433. The number of hydrogen-bond acceptors (Lipinski definition) is 4. The van der Waals surface area contributed by atoms with Crippen molar-refractivity contribution in [2.75, 3.05) is 38.6 Å². The Morgan fingerprint density at radius 2 is 1.70 bits per heavy atom. The van der Waals surface area contributed by atoms with Gasteiger partial charge in [-0.25, -0.2) is 0 Å². The summed E-state index contributed by atoms with van der Waals surface area (Å²) in [5.74, 6) is 1.46. The maximum Gasteiger partial charge on any atom is 0.175 e. The Labute approximate surface area is 161 Å². The second kappa shape index (κ2) is 14.0. The highest BCUT2D eigenvalue weighted by Crippen LogP contribution is 2.37. The predicted molar refractivity (Wildman–Crippen MR) is 107 cm³/mol. The Kier molecular flexibility index (Phi) is 15.2. The van der Waals surface area contributed by atoms with Crippen LogP contribution < -0.4 is 15.2 Å². The van der Waals surface area contributed by atoms with Crippen LogP contribution in [0.4, 0.5) is 5.69 Å². The molecule has 1 aromatic carbocycles. The summed E-state index contributed by atoms with van der Waals surface area (Å²) in [5, 5.41) is 0. The molecule has 0 aromatic heterocycles. The number of anilines is 1. The van der Waals surface area contributed by atoms with Gasteiger partial charge in [0.15, 0.2) is 11.5 Å². The molecule has 2 N–H and O–H groups in total. The first-order valence-electron chi connectivity index (χ1n) is 7.69. The summed E-state index contributed by atoms with van der Waals surface area (Å²) in [7, 11) is 0. The van der Waals surface area contributed by atoms with Crippen LogP contribution in [0.15, 0.2) is 16.6 Å². The molecule has 0 amide bonds. The highest BCUT2D eigenvalue weighted by molar-refractivity contribution is 9.10. The summed E-state index contributed by atoms with van der Waals surface area (Å²) in [6.07, 6.45) is 2.12. The number of ether oxygens (including phenoxy) is 2. The van der Waals surface area contributed by atoms with Gasteiger partial charge >= 0.3 is 0 Å². The molecule has 4 nitrogen and oxygen atoms in total. The molecule has 0 spiro atoms. The van der Waals surface area contributed by atoms with Crippen LogP contribution in [0.2, 0.25) is 0 Å². The van der Waals surface area contributed by atoms with Gasteiger partial charge in [-0.2, -0.15) is 0 Å². The van der Waals surface area contributed by atoms with Crippen molar-refractivity contribution in [1.82, 2.24) is 4.90 Å². The van der Waals surface area contributed by atoms with E-state index in [1.165, 1.54) is 0 Å². The van der Waals surface area contributed by atoms with E-state index in [1.54, 1.807) is 0 Å². The molecule has 1 aromatic rings. The Morgan fingerprint density at radius 1 is 1.04 bits per heavy atom. The lowest BCUT2D eigenvalue weighted by Gasteiger charge is -2.20. The fourth-order valence-electron chi connectivity index (χ4n) is 1.98. The minimum Gasteiger partial charge on any atom is -0.490 e. The lowest BCUT2D eigenvalue weighted by molar-refractivity contribution is 0.211. The van der Waals surface area contributed by atoms with Crippen molar-refractivity contribution in [3.8, 4) is 11.5 Å². The average molecular weight is 432 g/mol. The van der Waals surface area contributed by atoms with Crippen LogP contribution in [0.1, 0.15) is 33.6 Å². The van der Waals surface area contributed by atoms with Gasteiger partial charge in [-0.1, -0.05) is 27.2 Å². The van der Waals surface area contributed by atoms with Crippen LogP contribution in [0.5, 0.6) is 11.5 Å². The van der Waals surface area contributed by atoms with Crippen molar-refractivity contribution >= 4 is 46.4 Å². The average Bonchev–Trinajstić information content (AvgIpc) is 2.46. The third kappa shape index (κ3) is 8.89. The number of nitrogens with zero attached hydrogens (tertiary/aromatic N) is 1. The van der Waals surface area contributed by atoms with Gasteiger partial charge in [-0.3, -0.25) is 0 Å². The zero-order valence-electron chi connectivity index (χ0n) is 14.1. The number of nitrogens with two attached hydrogens (primary N) is 1. The molecule has 0 bridgehead atoms. The maximum atomic E-state index is 5.92. The number of likely N-dealkylation sites (N-methyl/N-ethyl adjacent to an activating group) is 1. The SMILES string of the molecule is CCCCOc1cc(N)cc(Br)c1OCCN(CC)CC.Cl.Cl. The highest BCUT2D eigenvalue weighted by atomic mass is 79.9. The number of nitrogen functional groups attached to an aromatic ring is 1. The largest absolute Gasteiger partial charge is 0.490 e. The van der Waals surface area contributed by atoms with Gasteiger partial charge in [-0.15, -0.1) is 24.8 Å². The normalized spacial score (nSPS) is 9.96. The van der Waals surface area contributed by atoms with Crippen molar-refractivity contribution in [2.45, 2.75) is 33.6 Å². The molecule has 0 aliphatic carbocycles. The lowest BCUT2D eigenvalue weighted by Crippen LogP contribution is -2.28. The number of hydrogen-bond donors (Lipinski definition) is 1. The van der Waals surface area contributed by atoms with Crippen molar-refractivity contribution < 1.29 is 9.47 Å². The zero-order chi connectivity index (χ0) is 15.7. The number of unbranched alkanes of at least 4 members (excludes halogenated alkanes) is 1. The summed E-state index contributed by atoms with van der Waals surface area (Å²) >= 11 is 3.51. The molecule has 0 saturated carbocycles. The first kappa shape index (κ1) is 24.9. The molecule has 0 aliphatic heterocycles. The fraction of sp³-hybridized carbons (Fsp3) is 0.625. The molecule has 0 heterocycles. The van der Waals surface area contributed by atoms with E-state index < -0.39 is 0 Å².